The van der Waals surface area contributed by atoms with Gasteiger partial charge in [0.15, 0.2) is 9.84 Å². The Morgan fingerprint density at radius 1 is 1.17 bits per heavy atom. The molecule has 23 heavy (non-hydrogen) atoms. The minimum Gasteiger partial charge on any atom is -0.323 e. The van der Waals surface area contributed by atoms with Crippen LogP contribution in [0.1, 0.15) is 29.5 Å². The summed E-state index contributed by atoms with van der Waals surface area (Å²) in [5, 5.41) is 2.73. The van der Waals surface area contributed by atoms with E-state index in [9.17, 15) is 18.0 Å². The monoisotopic (exact) mass is 336 g/mol. The first-order chi connectivity index (χ1) is 10.7. The molecular formula is C16H20N2O4S. The number of aryl methyl sites for hydroxylation is 2. The summed E-state index contributed by atoms with van der Waals surface area (Å²) in [5.41, 5.74) is 1.97. The predicted octanol–water partition coefficient (Wildman–Crippen LogP) is 1.30. The maximum absolute atomic E-state index is 12.8. The lowest BCUT2D eigenvalue weighted by Crippen LogP contribution is -2.52. The van der Waals surface area contributed by atoms with Crippen LogP contribution in [0.2, 0.25) is 0 Å². The predicted molar refractivity (Wildman–Crippen MR) is 85.6 cm³/mol. The molecule has 6 nitrogen and oxygen atoms in total. The Hall–Kier alpha value is -1.89. The van der Waals surface area contributed by atoms with Crippen LogP contribution in [0.4, 0.5) is 4.79 Å². The van der Waals surface area contributed by atoms with E-state index in [1.807, 2.05) is 32.0 Å². The number of urea groups is 1. The Morgan fingerprint density at radius 2 is 1.83 bits per heavy atom. The summed E-state index contributed by atoms with van der Waals surface area (Å²) in [7, 11) is -3.10. The van der Waals surface area contributed by atoms with Gasteiger partial charge in [-0.2, -0.15) is 0 Å². The Kier molecular flexibility index (Phi) is 3.71. The Balaban J connectivity index is 1.84. The number of carbonyl (C=O) groups is 2. The SMILES string of the molecule is Cc1ccc(C)c(CN2C(=O)NC3(CCS(=O)(=O)CC3)C2=O)c1. The minimum absolute atomic E-state index is 0.0592. The first-order valence-electron chi connectivity index (χ1n) is 7.63. The van der Waals surface area contributed by atoms with Crippen LogP contribution < -0.4 is 5.32 Å². The number of amides is 3. The van der Waals surface area contributed by atoms with E-state index in [0.717, 1.165) is 16.7 Å². The molecular weight excluding hydrogens is 316 g/mol. The van der Waals surface area contributed by atoms with Gasteiger partial charge < -0.3 is 5.32 Å². The van der Waals surface area contributed by atoms with Crippen molar-refractivity contribution in [3.63, 3.8) is 0 Å². The number of hydrogen-bond donors (Lipinski definition) is 1. The summed E-state index contributed by atoms with van der Waals surface area (Å²) in [5.74, 6) is -0.426. The molecule has 0 aliphatic carbocycles. The Labute approximate surface area is 135 Å². The normalized spacial score (nSPS) is 22.4. The van der Waals surface area contributed by atoms with E-state index in [4.69, 9.17) is 0 Å². The number of nitrogens with one attached hydrogen (secondary N) is 1. The highest BCUT2D eigenvalue weighted by atomic mass is 32.2. The van der Waals surface area contributed by atoms with Crippen LogP contribution in [0.25, 0.3) is 0 Å². The van der Waals surface area contributed by atoms with E-state index in [-0.39, 0.29) is 36.8 Å². The number of carbonyl (C=O) groups excluding carboxylic acids is 2. The number of hydrogen-bond acceptors (Lipinski definition) is 4. The second-order valence-electron chi connectivity index (χ2n) is 6.49. The lowest BCUT2D eigenvalue weighted by atomic mass is 9.92. The topological polar surface area (TPSA) is 83.6 Å². The maximum atomic E-state index is 12.8. The molecule has 2 fully saturated rings. The maximum Gasteiger partial charge on any atom is 0.325 e. The molecule has 0 atom stereocenters. The van der Waals surface area contributed by atoms with Crippen molar-refractivity contribution in [2.75, 3.05) is 11.5 Å². The van der Waals surface area contributed by atoms with Gasteiger partial charge in [0.1, 0.15) is 5.54 Å². The van der Waals surface area contributed by atoms with Crippen molar-refractivity contribution in [2.45, 2.75) is 38.8 Å². The molecule has 1 aromatic rings. The highest BCUT2D eigenvalue weighted by Gasteiger charge is 2.53. The fraction of sp³-hybridized carbons (Fsp3) is 0.500. The quantitative estimate of drug-likeness (QED) is 0.825. The van der Waals surface area contributed by atoms with Crippen LogP contribution in [0, 0.1) is 13.8 Å². The van der Waals surface area contributed by atoms with Gasteiger partial charge in [-0.25, -0.2) is 13.2 Å². The number of benzene rings is 1. The van der Waals surface area contributed by atoms with Crippen LogP contribution in [0.3, 0.4) is 0 Å². The second-order valence-corrected chi connectivity index (χ2v) is 8.79. The summed E-state index contributed by atoms with van der Waals surface area (Å²) in [6.45, 7) is 4.12. The van der Waals surface area contributed by atoms with Crippen LogP contribution in [-0.4, -0.2) is 42.3 Å². The smallest absolute Gasteiger partial charge is 0.323 e. The zero-order valence-corrected chi connectivity index (χ0v) is 14.1. The van der Waals surface area contributed by atoms with Gasteiger partial charge in [-0.1, -0.05) is 23.8 Å². The van der Waals surface area contributed by atoms with Gasteiger partial charge in [-0.15, -0.1) is 0 Å². The summed E-state index contributed by atoms with van der Waals surface area (Å²) in [4.78, 5) is 26.2. The molecule has 0 aromatic heterocycles. The average Bonchev–Trinajstić information content (AvgIpc) is 2.71. The van der Waals surface area contributed by atoms with Crippen molar-refractivity contribution < 1.29 is 18.0 Å². The Bertz CT molecular complexity index is 771. The lowest BCUT2D eigenvalue weighted by Gasteiger charge is -2.30. The van der Waals surface area contributed by atoms with E-state index in [2.05, 4.69) is 5.32 Å². The van der Waals surface area contributed by atoms with Crippen molar-refractivity contribution in [3.8, 4) is 0 Å². The lowest BCUT2D eigenvalue weighted by molar-refractivity contribution is -0.132. The van der Waals surface area contributed by atoms with E-state index in [1.165, 1.54) is 4.90 Å². The van der Waals surface area contributed by atoms with Crippen LogP contribution in [0.5, 0.6) is 0 Å². The van der Waals surface area contributed by atoms with Crippen molar-refractivity contribution >= 4 is 21.8 Å². The molecule has 3 rings (SSSR count). The summed E-state index contributed by atoms with van der Waals surface area (Å²) in [6, 6.07) is 5.48. The first-order valence-corrected chi connectivity index (χ1v) is 9.45. The molecule has 0 saturated carbocycles. The van der Waals surface area contributed by atoms with Gasteiger partial charge >= 0.3 is 6.03 Å². The molecule has 7 heteroatoms. The van der Waals surface area contributed by atoms with Gasteiger partial charge in [0.2, 0.25) is 0 Å². The molecule has 3 amide bonds. The van der Waals surface area contributed by atoms with Crippen molar-refractivity contribution in [1.29, 1.82) is 0 Å². The van der Waals surface area contributed by atoms with E-state index in [0.29, 0.717) is 0 Å². The molecule has 0 unspecified atom stereocenters. The first kappa shape index (κ1) is 16.0. The fourth-order valence-corrected chi connectivity index (χ4v) is 4.71. The number of imide groups is 1. The summed E-state index contributed by atoms with van der Waals surface area (Å²) >= 11 is 0. The molecule has 2 saturated heterocycles. The molecule has 0 bridgehead atoms. The largest absolute Gasteiger partial charge is 0.325 e. The third kappa shape index (κ3) is 2.85. The van der Waals surface area contributed by atoms with Gasteiger partial charge in [-0.3, -0.25) is 9.69 Å². The fourth-order valence-electron chi connectivity index (χ4n) is 3.19. The van der Waals surface area contributed by atoms with Gasteiger partial charge in [-0.05, 0) is 37.8 Å². The summed E-state index contributed by atoms with van der Waals surface area (Å²) in [6.07, 6.45) is 0.312. The second kappa shape index (κ2) is 5.33. The highest BCUT2D eigenvalue weighted by molar-refractivity contribution is 7.91. The number of rotatable bonds is 2. The van der Waals surface area contributed by atoms with E-state index in [1.54, 1.807) is 0 Å². The van der Waals surface area contributed by atoms with Crippen molar-refractivity contribution in [1.82, 2.24) is 10.2 Å². The molecule has 1 aromatic carbocycles. The van der Waals surface area contributed by atoms with Gasteiger partial charge in [0, 0.05) is 0 Å². The molecule has 1 spiro atoms. The van der Waals surface area contributed by atoms with E-state index >= 15 is 0 Å². The third-order valence-corrected chi connectivity index (χ3v) is 6.41. The van der Waals surface area contributed by atoms with E-state index < -0.39 is 21.4 Å². The molecule has 2 aliphatic rings. The van der Waals surface area contributed by atoms with Gasteiger partial charge in [0.25, 0.3) is 5.91 Å². The molecule has 0 radical (unpaired) electrons. The number of nitrogens with zero attached hydrogens (tertiary/aromatic N) is 1. The molecule has 2 aliphatic heterocycles. The third-order valence-electron chi connectivity index (χ3n) is 4.76. The molecule has 1 N–H and O–H groups in total. The van der Waals surface area contributed by atoms with Crippen LogP contribution >= 0.6 is 0 Å². The summed E-state index contributed by atoms with van der Waals surface area (Å²) < 4.78 is 23.2. The molecule has 2 heterocycles. The molecule has 124 valence electrons. The number of sulfone groups is 1. The zero-order chi connectivity index (χ0) is 16.8. The van der Waals surface area contributed by atoms with Crippen LogP contribution in [-0.2, 0) is 21.2 Å². The Morgan fingerprint density at radius 3 is 2.48 bits per heavy atom. The minimum atomic E-state index is -3.10. The van der Waals surface area contributed by atoms with Crippen molar-refractivity contribution in [3.05, 3.63) is 34.9 Å². The van der Waals surface area contributed by atoms with Gasteiger partial charge in [0.05, 0.1) is 18.1 Å². The highest BCUT2D eigenvalue weighted by Crippen LogP contribution is 2.31. The average molecular weight is 336 g/mol. The van der Waals surface area contributed by atoms with Crippen LogP contribution in [0.15, 0.2) is 18.2 Å². The standard InChI is InChI=1S/C16H20N2O4S/c1-11-3-4-12(2)13(9-11)10-18-14(19)16(17-15(18)20)5-7-23(21,22)8-6-16/h3-4,9H,5-8,10H2,1-2H3,(H,17,20). The zero-order valence-electron chi connectivity index (χ0n) is 13.3. The van der Waals surface area contributed by atoms with Crippen molar-refractivity contribution in [2.24, 2.45) is 0 Å².